The van der Waals surface area contributed by atoms with E-state index in [-0.39, 0.29) is 0 Å². The molecule has 0 saturated carbocycles. The van der Waals surface area contributed by atoms with E-state index in [1.807, 2.05) is 19.1 Å². The van der Waals surface area contributed by atoms with Gasteiger partial charge in [-0.15, -0.1) is 0 Å². The van der Waals surface area contributed by atoms with Crippen LogP contribution in [0.2, 0.25) is 0 Å². The minimum absolute atomic E-state index is 0.569. The molecule has 1 N–H and O–H groups in total. The van der Waals surface area contributed by atoms with E-state index < -0.39 is 6.10 Å². The van der Waals surface area contributed by atoms with E-state index in [4.69, 9.17) is 0 Å². The largest absolute Gasteiger partial charge is 0.363 e. The van der Waals surface area contributed by atoms with Crippen LogP contribution in [-0.4, -0.2) is 4.98 Å². The van der Waals surface area contributed by atoms with Crippen molar-refractivity contribution in [2.75, 3.05) is 0 Å². The number of hydrogen-bond acceptors (Lipinski definition) is 0. The van der Waals surface area contributed by atoms with Gasteiger partial charge in [0, 0.05) is 11.9 Å². The molecule has 1 unspecified atom stereocenters. The van der Waals surface area contributed by atoms with E-state index in [1.165, 1.54) is 0 Å². The van der Waals surface area contributed by atoms with Gasteiger partial charge in [-0.1, -0.05) is 6.92 Å². The summed E-state index contributed by atoms with van der Waals surface area (Å²) < 4.78 is 0. The number of rotatable bonds is 2. The van der Waals surface area contributed by atoms with Crippen molar-refractivity contribution >= 4 is 0 Å². The van der Waals surface area contributed by atoms with Gasteiger partial charge < -0.3 is 4.98 Å². The fourth-order valence-electron chi connectivity index (χ4n) is 0.764. The quantitative estimate of drug-likeness (QED) is 0.625. The average molecular weight is 124 g/mol. The highest BCUT2D eigenvalue weighted by atomic mass is 16.3. The van der Waals surface area contributed by atoms with Gasteiger partial charge in [0.05, 0.1) is 0 Å². The van der Waals surface area contributed by atoms with Gasteiger partial charge in [-0.3, -0.25) is 0 Å². The molecule has 1 atom stereocenters. The Morgan fingerprint density at radius 3 is 3.00 bits per heavy atom. The summed E-state index contributed by atoms with van der Waals surface area (Å²) in [5.74, 6) is 0. The van der Waals surface area contributed by atoms with Crippen LogP contribution in [0.15, 0.2) is 18.3 Å². The molecule has 2 nitrogen and oxygen atoms in total. The molecule has 0 bridgehead atoms. The Hall–Kier alpha value is -0.760. The van der Waals surface area contributed by atoms with Crippen LogP contribution in [0.25, 0.3) is 0 Å². The van der Waals surface area contributed by atoms with Crippen LogP contribution >= 0.6 is 0 Å². The minimum atomic E-state index is -0.569. The van der Waals surface area contributed by atoms with E-state index in [0.29, 0.717) is 6.42 Å². The van der Waals surface area contributed by atoms with Crippen molar-refractivity contribution in [3.8, 4) is 0 Å². The fourth-order valence-corrected chi connectivity index (χ4v) is 0.764. The lowest BCUT2D eigenvalue weighted by molar-refractivity contribution is 0.0824. The first-order valence-electron chi connectivity index (χ1n) is 3.13. The van der Waals surface area contributed by atoms with Crippen molar-refractivity contribution in [2.24, 2.45) is 0 Å². The third-order valence-corrected chi connectivity index (χ3v) is 1.34. The second-order valence-corrected chi connectivity index (χ2v) is 2.02. The van der Waals surface area contributed by atoms with E-state index in [9.17, 15) is 5.11 Å². The van der Waals surface area contributed by atoms with Crippen LogP contribution in [0.3, 0.4) is 0 Å². The predicted octanol–water partition coefficient (Wildman–Crippen LogP) is 1.90. The number of hydrogen-bond donors (Lipinski definition) is 1. The lowest BCUT2D eigenvalue weighted by atomic mass is 10.2. The summed E-state index contributed by atoms with van der Waals surface area (Å²) in [4.78, 5) is 2.88. The lowest BCUT2D eigenvalue weighted by Crippen LogP contribution is -1.91. The molecular weight excluding hydrogens is 114 g/mol. The van der Waals surface area contributed by atoms with Gasteiger partial charge >= 0.3 is 0 Å². The summed E-state index contributed by atoms with van der Waals surface area (Å²) in [6.45, 7) is 1.89. The Bertz CT molecular complexity index is 157. The monoisotopic (exact) mass is 124 g/mol. The average Bonchev–Trinajstić information content (AvgIpc) is 2.37. The molecule has 1 heterocycles. The second kappa shape index (κ2) is 2.69. The first-order valence-corrected chi connectivity index (χ1v) is 3.13. The normalized spacial score (nSPS) is 13.6. The molecule has 2 heteroatoms. The van der Waals surface area contributed by atoms with E-state index >= 15 is 0 Å². The summed E-state index contributed by atoms with van der Waals surface area (Å²) in [5.41, 5.74) is 0.789. The van der Waals surface area contributed by atoms with Gasteiger partial charge in [0.2, 0.25) is 0 Å². The Kier molecular flexibility index (Phi) is 1.90. The summed E-state index contributed by atoms with van der Waals surface area (Å²) in [5, 5.41) is 10.9. The molecule has 0 amide bonds. The Labute approximate surface area is 54.5 Å². The SMILES string of the molecule is CCC([O])c1ccc[nH]1. The lowest BCUT2D eigenvalue weighted by Gasteiger charge is -1.99. The minimum Gasteiger partial charge on any atom is -0.363 e. The van der Waals surface area contributed by atoms with E-state index in [1.54, 1.807) is 6.20 Å². The van der Waals surface area contributed by atoms with Crippen molar-refractivity contribution in [2.45, 2.75) is 19.4 Å². The maximum Gasteiger partial charge on any atom is 0.132 e. The number of nitrogens with one attached hydrogen (secondary N) is 1. The molecule has 0 aliphatic rings. The molecule has 0 aromatic carbocycles. The Morgan fingerprint density at radius 1 is 1.78 bits per heavy atom. The summed E-state index contributed by atoms with van der Waals surface area (Å²) in [6.07, 6.45) is 1.86. The smallest absolute Gasteiger partial charge is 0.132 e. The number of aromatic amines is 1. The van der Waals surface area contributed by atoms with Crippen LogP contribution in [0.4, 0.5) is 0 Å². The van der Waals surface area contributed by atoms with Gasteiger partial charge in [0.1, 0.15) is 6.10 Å². The molecule has 0 spiro atoms. The molecule has 49 valence electrons. The van der Waals surface area contributed by atoms with Crippen LogP contribution in [0.1, 0.15) is 25.1 Å². The zero-order valence-electron chi connectivity index (χ0n) is 5.42. The van der Waals surface area contributed by atoms with Gasteiger partial charge in [0.15, 0.2) is 0 Å². The number of H-pyrrole nitrogens is 1. The van der Waals surface area contributed by atoms with Crippen molar-refractivity contribution in [3.05, 3.63) is 24.0 Å². The molecule has 1 radical (unpaired) electrons. The van der Waals surface area contributed by atoms with Crippen LogP contribution < -0.4 is 0 Å². The highest BCUT2D eigenvalue weighted by Gasteiger charge is 2.04. The van der Waals surface area contributed by atoms with Gasteiger partial charge in [0.25, 0.3) is 0 Å². The maximum atomic E-state index is 10.9. The number of aromatic nitrogens is 1. The third-order valence-electron chi connectivity index (χ3n) is 1.34. The predicted molar refractivity (Wildman–Crippen MR) is 34.5 cm³/mol. The van der Waals surface area contributed by atoms with Gasteiger partial charge in [-0.25, -0.2) is 5.11 Å². The van der Waals surface area contributed by atoms with E-state index in [0.717, 1.165) is 5.69 Å². The van der Waals surface area contributed by atoms with Crippen LogP contribution in [-0.2, 0) is 5.11 Å². The molecule has 0 fully saturated rings. The third kappa shape index (κ3) is 1.33. The summed E-state index contributed by atoms with van der Waals surface area (Å²) in [6, 6.07) is 3.66. The highest BCUT2D eigenvalue weighted by Crippen LogP contribution is 2.12. The molecule has 1 aromatic heterocycles. The molecule has 0 aliphatic heterocycles. The fraction of sp³-hybridized carbons (Fsp3) is 0.429. The second-order valence-electron chi connectivity index (χ2n) is 2.02. The summed E-state index contributed by atoms with van der Waals surface area (Å²) >= 11 is 0. The molecular formula is C7H10NO. The molecule has 9 heavy (non-hydrogen) atoms. The van der Waals surface area contributed by atoms with Gasteiger partial charge in [-0.2, -0.15) is 0 Å². The summed E-state index contributed by atoms with van der Waals surface area (Å²) in [7, 11) is 0. The molecule has 0 saturated heterocycles. The van der Waals surface area contributed by atoms with Crippen molar-refractivity contribution < 1.29 is 5.11 Å². The standard InChI is InChI=1S/C7H10NO/c1-2-7(9)6-4-3-5-8-6/h3-5,7-8H,2H2,1H3. The zero-order valence-corrected chi connectivity index (χ0v) is 5.42. The molecule has 0 aliphatic carbocycles. The molecule has 1 rings (SSSR count). The topological polar surface area (TPSA) is 35.7 Å². The van der Waals surface area contributed by atoms with Crippen molar-refractivity contribution in [3.63, 3.8) is 0 Å². The van der Waals surface area contributed by atoms with Gasteiger partial charge in [-0.05, 0) is 18.6 Å². The first-order chi connectivity index (χ1) is 4.34. The maximum absolute atomic E-state index is 10.9. The van der Waals surface area contributed by atoms with Crippen molar-refractivity contribution in [1.82, 2.24) is 4.98 Å². The highest BCUT2D eigenvalue weighted by molar-refractivity contribution is 5.06. The zero-order chi connectivity index (χ0) is 6.69. The first kappa shape index (κ1) is 6.36. The molecule has 1 aromatic rings. The van der Waals surface area contributed by atoms with Crippen LogP contribution in [0.5, 0.6) is 0 Å². The van der Waals surface area contributed by atoms with Crippen molar-refractivity contribution in [1.29, 1.82) is 0 Å². The van der Waals surface area contributed by atoms with Crippen LogP contribution in [0, 0.1) is 0 Å². The Balaban J connectivity index is 2.65. The van der Waals surface area contributed by atoms with E-state index in [2.05, 4.69) is 4.98 Å². The Morgan fingerprint density at radius 2 is 2.56 bits per heavy atom.